The SMILES string of the molecule is CC(NC(=O)c1sc2cc(Br)ccc2c1N)c1ccsc1. The van der Waals surface area contributed by atoms with Gasteiger partial charge in [-0.25, -0.2) is 0 Å². The lowest BCUT2D eigenvalue weighted by Crippen LogP contribution is -2.26. The molecule has 0 aliphatic heterocycles. The first-order chi connectivity index (χ1) is 10.1. The molecule has 21 heavy (non-hydrogen) atoms. The molecule has 3 aromatic rings. The van der Waals surface area contributed by atoms with Crippen LogP contribution in [0.3, 0.4) is 0 Å². The minimum atomic E-state index is -0.122. The average molecular weight is 381 g/mol. The predicted octanol–water partition coefficient (Wildman–Crippen LogP) is 4.80. The van der Waals surface area contributed by atoms with E-state index >= 15 is 0 Å². The highest BCUT2D eigenvalue weighted by atomic mass is 79.9. The Bertz CT molecular complexity index is 795. The van der Waals surface area contributed by atoms with Gasteiger partial charge in [0.2, 0.25) is 0 Å². The van der Waals surface area contributed by atoms with Gasteiger partial charge in [0, 0.05) is 14.6 Å². The van der Waals surface area contributed by atoms with Gasteiger partial charge in [-0.15, -0.1) is 11.3 Å². The molecular weight excluding hydrogens is 368 g/mol. The van der Waals surface area contributed by atoms with E-state index in [2.05, 4.69) is 21.2 Å². The molecule has 108 valence electrons. The van der Waals surface area contributed by atoms with Crippen molar-refractivity contribution in [2.75, 3.05) is 5.73 Å². The zero-order valence-electron chi connectivity index (χ0n) is 11.2. The van der Waals surface area contributed by atoms with Crippen LogP contribution in [0.2, 0.25) is 0 Å². The third kappa shape index (κ3) is 2.84. The smallest absolute Gasteiger partial charge is 0.263 e. The molecule has 1 amide bonds. The van der Waals surface area contributed by atoms with Crippen LogP contribution in [-0.2, 0) is 0 Å². The second kappa shape index (κ2) is 5.79. The third-order valence-corrected chi connectivity index (χ3v) is 5.65. The van der Waals surface area contributed by atoms with Crippen molar-refractivity contribution in [2.45, 2.75) is 13.0 Å². The van der Waals surface area contributed by atoms with E-state index in [4.69, 9.17) is 5.73 Å². The number of rotatable bonds is 3. The lowest BCUT2D eigenvalue weighted by molar-refractivity contribution is 0.0945. The Morgan fingerprint density at radius 3 is 2.90 bits per heavy atom. The van der Waals surface area contributed by atoms with Gasteiger partial charge < -0.3 is 11.1 Å². The monoisotopic (exact) mass is 380 g/mol. The summed E-state index contributed by atoms with van der Waals surface area (Å²) < 4.78 is 1.99. The maximum Gasteiger partial charge on any atom is 0.263 e. The molecule has 0 aliphatic carbocycles. The molecule has 1 aromatic carbocycles. The molecule has 0 radical (unpaired) electrons. The van der Waals surface area contributed by atoms with Crippen LogP contribution in [0.4, 0.5) is 5.69 Å². The number of fused-ring (bicyclic) bond motifs is 1. The second-order valence-electron chi connectivity index (χ2n) is 4.74. The maximum atomic E-state index is 12.4. The fraction of sp³-hybridized carbons (Fsp3) is 0.133. The van der Waals surface area contributed by atoms with Gasteiger partial charge in [0.05, 0.1) is 11.7 Å². The van der Waals surface area contributed by atoms with E-state index in [9.17, 15) is 4.79 Å². The zero-order chi connectivity index (χ0) is 15.0. The Labute approximate surface area is 138 Å². The molecule has 3 N–H and O–H groups in total. The fourth-order valence-corrected chi connectivity index (χ4v) is 4.46. The summed E-state index contributed by atoms with van der Waals surface area (Å²) >= 11 is 6.48. The van der Waals surface area contributed by atoms with Crippen LogP contribution in [0.5, 0.6) is 0 Å². The first-order valence-corrected chi connectivity index (χ1v) is 8.92. The summed E-state index contributed by atoms with van der Waals surface area (Å²) in [5, 5.41) is 7.97. The zero-order valence-corrected chi connectivity index (χ0v) is 14.4. The molecule has 3 rings (SSSR count). The van der Waals surface area contributed by atoms with Gasteiger partial charge in [0.1, 0.15) is 4.88 Å². The highest BCUT2D eigenvalue weighted by Gasteiger charge is 2.18. The number of amides is 1. The number of nitrogens with one attached hydrogen (secondary N) is 1. The number of benzene rings is 1. The summed E-state index contributed by atoms with van der Waals surface area (Å²) in [5.41, 5.74) is 7.78. The van der Waals surface area contributed by atoms with E-state index in [-0.39, 0.29) is 11.9 Å². The number of nitrogen functional groups attached to an aromatic ring is 1. The van der Waals surface area contributed by atoms with Crippen molar-refractivity contribution in [3.05, 3.63) is 49.9 Å². The highest BCUT2D eigenvalue weighted by Crippen LogP contribution is 2.35. The molecule has 0 saturated carbocycles. The van der Waals surface area contributed by atoms with Gasteiger partial charge in [-0.05, 0) is 41.4 Å². The molecule has 0 bridgehead atoms. The molecule has 2 heterocycles. The van der Waals surface area contributed by atoms with Gasteiger partial charge >= 0.3 is 0 Å². The van der Waals surface area contributed by atoms with Crippen molar-refractivity contribution in [1.29, 1.82) is 0 Å². The van der Waals surface area contributed by atoms with E-state index < -0.39 is 0 Å². The van der Waals surface area contributed by atoms with Crippen molar-refractivity contribution in [1.82, 2.24) is 5.32 Å². The van der Waals surface area contributed by atoms with Crippen LogP contribution < -0.4 is 11.1 Å². The predicted molar refractivity (Wildman–Crippen MR) is 94.1 cm³/mol. The molecule has 6 heteroatoms. The van der Waals surface area contributed by atoms with Crippen LogP contribution in [0.25, 0.3) is 10.1 Å². The van der Waals surface area contributed by atoms with Gasteiger partial charge in [-0.3, -0.25) is 4.79 Å². The Kier molecular flexibility index (Phi) is 4.01. The Morgan fingerprint density at radius 2 is 2.19 bits per heavy atom. The number of halogens is 1. The molecule has 0 spiro atoms. The van der Waals surface area contributed by atoms with Crippen molar-refractivity contribution in [3.8, 4) is 0 Å². The Balaban J connectivity index is 1.89. The minimum absolute atomic E-state index is 0.0277. The van der Waals surface area contributed by atoms with Crippen molar-refractivity contribution >= 4 is 60.3 Å². The molecule has 3 nitrogen and oxygen atoms in total. The molecular formula is C15H13BrN2OS2. The normalized spacial score (nSPS) is 12.5. The van der Waals surface area contributed by atoms with E-state index in [1.165, 1.54) is 11.3 Å². The van der Waals surface area contributed by atoms with Gasteiger partial charge in [-0.2, -0.15) is 11.3 Å². The molecule has 1 atom stereocenters. The number of carbonyl (C=O) groups excluding carboxylic acids is 1. The fourth-order valence-electron chi connectivity index (χ4n) is 2.13. The van der Waals surface area contributed by atoms with Crippen LogP contribution in [0.15, 0.2) is 39.5 Å². The van der Waals surface area contributed by atoms with E-state index in [1.807, 2.05) is 41.9 Å². The third-order valence-electron chi connectivity index (χ3n) is 3.29. The van der Waals surface area contributed by atoms with Crippen molar-refractivity contribution in [3.63, 3.8) is 0 Å². The quantitative estimate of drug-likeness (QED) is 0.685. The van der Waals surface area contributed by atoms with Crippen LogP contribution in [0.1, 0.15) is 28.2 Å². The Hall–Kier alpha value is -1.37. The number of hydrogen-bond donors (Lipinski definition) is 2. The lowest BCUT2D eigenvalue weighted by Gasteiger charge is -2.11. The summed E-state index contributed by atoms with van der Waals surface area (Å²) in [5.74, 6) is -0.122. The summed E-state index contributed by atoms with van der Waals surface area (Å²) in [6.07, 6.45) is 0. The number of thiophene rings is 2. The average Bonchev–Trinajstić information content (AvgIpc) is 3.07. The number of anilines is 1. The van der Waals surface area contributed by atoms with E-state index in [0.717, 1.165) is 20.1 Å². The molecule has 0 aliphatic rings. The summed E-state index contributed by atoms with van der Waals surface area (Å²) in [6, 6.07) is 7.84. The first kappa shape index (κ1) is 14.6. The topological polar surface area (TPSA) is 55.1 Å². The lowest BCUT2D eigenvalue weighted by atomic mass is 10.1. The van der Waals surface area contributed by atoms with Gasteiger partial charge in [0.25, 0.3) is 5.91 Å². The standard InChI is InChI=1S/C15H13BrN2OS2/c1-8(9-4-5-20-7-9)18-15(19)14-13(17)11-3-2-10(16)6-12(11)21-14/h2-8H,17H2,1H3,(H,18,19). The van der Waals surface area contributed by atoms with Crippen LogP contribution in [0, 0.1) is 0 Å². The summed E-state index contributed by atoms with van der Waals surface area (Å²) in [6.45, 7) is 1.97. The molecule has 1 unspecified atom stereocenters. The Morgan fingerprint density at radius 1 is 1.38 bits per heavy atom. The van der Waals surface area contributed by atoms with Gasteiger partial charge in [-0.1, -0.05) is 22.0 Å². The van der Waals surface area contributed by atoms with Gasteiger partial charge in [0.15, 0.2) is 0 Å². The largest absolute Gasteiger partial charge is 0.397 e. The number of hydrogen-bond acceptors (Lipinski definition) is 4. The number of nitrogens with two attached hydrogens (primary N) is 1. The maximum absolute atomic E-state index is 12.4. The van der Waals surface area contributed by atoms with E-state index in [0.29, 0.717) is 10.6 Å². The number of carbonyl (C=O) groups is 1. The van der Waals surface area contributed by atoms with Crippen LogP contribution in [-0.4, -0.2) is 5.91 Å². The first-order valence-electron chi connectivity index (χ1n) is 6.36. The van der Waals surface area contributed by atoms with Crippen molar-refractivity contribution in [2.24, 2.45) is 0 Å². The minimum Gasteiger partial charge on any atom is -0.397 e. The molecule has 0 fully saturated rings. The van der Waals surface area contributed by atoms with Crippen LogP contribution >= 0.6 is 38.6 Å². The van der Waals surface area contributed by atoms with Crippen molar-refractivity contribution < 1.29 is 4.79 Å². The highest BCUT2D eigenvalue weighted by molar-refractivity contribution is 9.10. The summed E-state index contributed by atoms with van der Waals surface area (Å²) in [4.78, 5) is 13.0. The molecule has 0 saturated heterocycles. The second-order valence-corrected chi connectivity index (χ2v) is 7.49. The van der Waals surface area contributed by atoms with E-state index in [1.54, 1.807) is 11.3 Å². The summed E-state index contributed by atoms with van der Waals surface area (Å²) in [7, 11) is 0. The molecule has 2 aromatic heterocycles.